The molecule has 0 saturated carbocycles. The highest BCUT2D eigenvalue weighted by molar-refractivity contribution is 7.99. The lowest BCUT2D eigenvalue weighted by molar-refractivity contribution is 1.36. The van der Waals surface area contributed by atoms with Crippen molar-refractivity contribution in [3.8, 4) is 6.07 Å². The van der Waals surface area contributed by atoms with Crippen molar-refractivity contribution in [2.75, 3.05) is 5.73 Å². The standard InChI is InChI=1S/C17H12N2S/c18-11-14-9-15(19)6-8-17(14)20-16-7-5-12-3-1-2-4-13(12)10-16/h1-10H,19H2. The zero-order valence-corrected chi connectivity index (χ0v) is 11.5. The SMILES string of the molecule is N#Cc1cc(N)ccc1Sc1ccc2ccccc2c1. The van der Waals surface area contributed by atoms with Crippen molar-refractivity contribution in [3.63, 3.8) is 0 Å². The minimum absolute atomic E-state index is 0.614. The van der Waals surface area contributed by atoms with E-state index in [4.69, 9.17) is 5.73 Å². The summed E-state index contributed by atoms with van der Waals surface area (Å²) in [6.45, 7) is 0. The molecule has 2 nitrogen and oxygen atoms in total. The van der Waals surface area contributed by atoms with Crippen molar-refractivity contribution in [3.05, 3.63) is 66.2 Å². The molecular weight excluding hydrogens is 264 g/mol. The Morgan fingerprint density at radius 1 is 0.900 bits per heavy atom. The average molecular weight is 276 g/mol. The van der Waals surface area contributed by atoms with Gasteiger partial charge in [-0.15, -0.1) is 0 Å². The Morgan fingerprint density at radius 2 is 1.70 bits per heavy atom. The summed E-state index contributed by atoms with van der Waals surface area (Å²) in [6, 6.07) is 22.2. The van der Waals surface area contributed by atoms with Gasteiger partial charge in [0.2, 0.25) is 0 Å². The second kappa shape index (κ2) is 5.28. The number of hydrogen-bond donors (Lipinski definition) is 1. The van der Waals surface area contributed by atoms with E-state index in [1.165, 1.54) is 10.8 Å². The van der Waals surface area contributed by atoms with Gasteiger partial charge in [-0.3, -0.25) is 0 Å². The Labute approximate surface area is 121 Å². The third-order valence-electron chi connectivity index (χ3n) is 3.07. The molecular formula is C17H12N2S. The number of anilines is 1. The fourth-order valence-electron chi connectivity index (χ4n) is 2.08. The van der Waals surface area contributed by atoms with Gasteiger partial charge in [0.25, 0.3) is 0 Å². The van der Waals surface area contributed by atoms with Crippen molar-refractivity contribution in [2.24, 2.45) is 0 Å². The molecule has 0 radical (unpaired) electrons. The lowest BCUT2D eigenvalue weighted by Crippen LogP contribution is -1.88. The van der Waals surface area contributed by atoms with Gasteiger partial charge < -0.3 is 5.73 Å². The molecule has 3 rings (SSSR count). The maximum Gasteiger partial charge on any atom is 0.100 e. The van der Waals surface area contributed by atoms with Gasteiger partial charge in [0, 0.05) is 15.5 Å². The molecule has 3 aromatic rings. The number of nitriles is 1. The van der Waals surface area contributed by atoms with Crippen LogP contribution >= 0.6 is 11.8 Å². The molecule has 0 aliphatic rings. The van der Waals surface area contributed by atoms with E-state index < -0.39 is 0 Å². The highest BCUT2D eigenvalue weighted by atomic mass is 32.2. The summed E-state index contributed by atoms with van der Waals surface area (Å²) in [4.78, 5) is 2.04. The third-order valence-corrected chi connectivity index (χ3v) is 4.14. The zero-order chi connectivity index (χ0) is 13.9. The van der Waals surface area contributed by atoms with E-state index in [1.807, 2.05) is 24.3 Å². The minimum atomic E-state index is 0.614. The number of nitrogens with zero attached hydrogens (tertiary/aromatic N) is 1. The van der Waals surface area contributed by atoms with Crippen LogP contribution in [0.4, 0.5) is 5.69 Å². The van der Waals surface area contributed by atoms with E-state index in [0.29, 0.717) is 11.3 Å². The normalized spacial score (nSPS) is 10.3. The van der Waals surface area contributed by atoms with Crippen LogP contribution < -0.4 is 5.73 Å². The van der Waals surface area contributed by atoms with Gasteiger partial charge in [0.1, 0.15) is 6.07 Å². The van der Waals surface area contributed by atoms with Crippen LogP contribution in [0.5, 0.6) is 0 Å². The number of hydrogen-bond acceptors (Lipinski definition) is 3. The van der Waals surface area contributed by atoms with Crippen LogP contribution in [-0.2, 0) is 0 Å². The lowest BCUT2D eigenvalue weighted by atomic mass is 10.1. The van der Waals surface area contributed by atoms with Crippen molar-refractivity contribution < 1.29 is 0 Å². The molecule has 0 unspecified atom stereocenters. The molecule has 0 atom stereocenters. The van der Waals surface area contributed by atoms with Gasteiger partial charge in [0.05, 0.1) is 5.56 Å². The fourth-order valence-corrected chi connectivity index (χ4v) is 3.01. The van der Waals surface area contributed by atoms with Crippen LogP contribution in [0.25, 0.3) is 10.8 Å². The molecule has 0 amide bonds. The minimum Gasteiger partial charge on any atom is -0.399 e. The molecule has 20 heavy (non-hydrogen) atoms. The summed E-state index contributed by atoms with van der Waals surface area (Å²) in [5, 5.41) is 11.6. The lowest BCUT2D eigenvalue weighted by Gasteiger charge is -2.06. The molecule has 0 heterocycles. The predicted octanol–water partition coefficient (Wildman–Crippen LogP) is 4.44. The average Bonchev–Trinajstić information content (AvgIpc) is 2.49. The maximum absolute atomic E-state index is 9.17. The second-order valence-electron chi connectivity index (χ2n) is 4.48. The molecule has 0 spiro atoms. The highest BCUT2D eigenvalue weighted by Crippen LogP contribution is 2.32. The van der Waals surface area contributed by atoms with Crippen molar-refractivity contribution in [1.29, 1.82) is 5.26 Å². The molecule has 0 aliphatic heterocycles. The molecule has 0 bridgehead atoms. The summed E-state index contributed by atoms with van der Waals surface area (Å²) >= 11 is 1.58. The third kappa shape index (κ3) is 2.47. The van der Waals surface area contributed by atoms with E-state index in [1.54, 1.807) is 17.8 Å². The zero-order valence-electron chi connectivity index (χ0n) is 10.7. The first-order chi connectivity index (χ1) is 9.76. The summed E-state index contributed by atoms with van der Waals surface area (Å²) in [5.41, 5.74) is 6.94. The van der Waals surface area contributed by atoms with E-state index in [9.17, 15) is 5.26 Å². The molecule has 96 valence electrons. The monoisotopic (exact) mass is 276 g/mol. The predicted molar refractivity (Wildman–Crippen MR) is 83.6 cm³/mol. The molecule has 2 N–H and O–H groups in total. The van der Waals surface area contributed by atoms with Gasteiger partial charge in [0.15, 0.2) is 0 Å². The summed E-state index contributed by atoms with van der Waals surface area (Å²) in [7, 11) is 0. The first-order valence-corrected chi connectivity index (χ1v) is 7.04. The summed E-state index contributed by atoms with van der Waals surface area (Å²) in [6.07, 6.45) is 0. The van der Waals surface area contributed by atoms with Gasteiger partial charge in [-0.25, -0.2) is 0 Å². The largest absolute Gasteiger partial charge is 0.399 e. The summed E-state index contributed by atoms with van der Waals surface area (Å²) < 4.78 is 0. The number of nitrogens with two attached hydrogens (primary N) is 1. The van der Waals surface area contributed by atoms with Gasteiger partial charge in [-0.05, 0) is 41.1 Å². The highest BCUT2D eigenvalue weighted by Gasteiger charge is 2.05. The van der Waals surface area contributed by atoms with Crippen molar-refractivity contribution in [2.45, 2.75) is 9.79 Å². The first kappa shape index (κ1) is 12.6. The van der Waals surface area contributed by atoms with Gasteiger partial charge in [-0.1, -0.05) is 42.1 Å². The Morgan fingerprint density at radius 3 is 2.50 bits per heavy atom. The van der Waals surface area contributed by atoms with Crippen LogP contribution in [0.3, 0.4) is 0 Å². The van der Waals surface area contributed by atoms with Crippen LogP contribution in [-0.4, -0.2) is 0 Å². The quantitative estimate of drug-likeness (QED) is 0.704. The van der Waals surface area contributed by atoms with Crippen molar-refractivity contribution >= 4 is 28.2 Å². The molecule has 0 fully saturated rings. The van der Waals surface area contributed by atoms with E-state index in [-0.39, 0.29) is 0 Å². The van der Waals surface area contributed by atoms with Crippen LogP contribution in [0.15, 0.2) is 70.5 Å². The maximum atomic E-state index is 9.17. The Balaban J connectivity index is 1.99. The van der Waals surface area contributed by atoms with E-state index >= 15 is 0 Å². The Bertz CT molecular complexity index is 819. The van der Waals surface area contributed by atoms with Gasteiger partial charge >= 0.3 is 0 Å². The molecule has 0 aliphatic carbocycles. The number of rotatable bonds is 2. The molecule has 3 heteroatoms. The first-order valence-electron chi connectivity index (χ1n) is 6.22. The number of nitrogen functional groups attached to an aromatic ring is 1. The molecule has 0 aromatic heterocycles. The fraction of sp³-hybridized carbons (Fsp3) is 0. The number of fused-ring (bicyclic) bond motifs is 1. The van der Waals surface area contributed by atoms with Crippen LogP contribution in [0.1, 0.15) is 5.56 Å². The van der Waals surface area contributed by atoms with Crippen molar-refractivity contribution in [1.82, 2.24) is 0 Å². The smallest absolute Gasteiger partial charge is 0.100 e. The van der Waals surface area contributed by atoms with Crippen LogP contribution in [0, 0.1) is 11.3 Å². The molecule has 0 saturated heterocycles. The van der Waals surface area contributed by atoms with Crippen LogP contribution in [0.2, 0.25) is 0 Å². The summed E-state index contributed by atoms with van der Waals surface area (Å²) in [5.74, 6) is 0. The Kier molecular flexibility index (Phi) is 3.32. The topological polar surface area (TPSA) is 49.8 Å². The van der Waals surface area contributed by atoms with E-state index in [0.717, 1.165) is 9.79 Å². The van der Waals surface area contributed by atoms with Gasteiger partial charge in [-0.2, -0.15) is 5.26 Å². The van der Waals surface area contributed by atoms with E-state index in [2.05, 4.69) is 36.4 Å². The number of benzene rings is 3. The Hall–Kier alpha value is -2.44. The molecule has 3 aromatic carbocycles. The second-order valence-corrected chi connectivity index (χ2v) is 5.59.